The molecule has 0 radical (unpaired) electrons. The standard InChI is InChI=1S/C13H11N.CHNO/c1-2-6-12(7-3-1)9-10-13-8-4-5-11-14-13;2-1-3/h1-11H;3H. The zero-order valence-corrected chi connectivity index (χ0v) is 9.19. The summed E-state index contributed by atoms with van der Waals surface area (Å²) in [6.07, 6.45) is 6.61. The summed E-state index contributed by atoms with van der Waals surface area (Å²) in [7, 11) is 0. The highest BCUT2D eigenvalue weighted by Gasteiger charge is 1.85. The molecule has 0 fully saturated rings. The maximum atomic E-state index is 6.88. The van der Waals surface area contributed by atoms with Gasteiger partial charge in [0.1, 0.15) is 0 Å². The fourth-order valence-electron chi connectivity index (χ4n) is 1.22. The van der Waals surface area contributed by atoms with Gasteiger partial charge < -0.3 is 5.11 Å². The minimum absolute atomic E-state index is 0.750. The topological polar surface area (TPSA) is 56.9 Å². The number of hydrogen-bond acceptors (Lipinski definition) is 3. The second-order valence-corrected chi connectivity index (χ2v) is 3.10. The van der Waals surface area contributed by atoms with Crippen LogP contribution < -0.4 is 0 Å². The molecular weight excluding hydrogens is 212 g/mol. The molecule has 0 spiro atoms. The number of pyridine rings is 1. The Labute approximate surface area is 100 Å². The van der Waals surface area contributed by atoms with E-state index in [2.05, 4.69) is 23.2 Å². The summed E-state index contributed by atoms with van der Waals surface area (Å²) in [5.41, 5.74) is 2.18. The lowest BCUT2D eigenvalue weighted by atomic mass is 10.2. The third kappa shape index (κ3) is 5.14. The van der Waals surface area contributed by atoms with E-state index in [-0.39, 0.29) is 0 Å². The fourth-order valence-corrected chi connectivity index (χ4v) is 1.22. The summed E-state index contributed by atoms with van der Waals surface area (Å²) in [6.45, 7) is 0. The maximum Gasteiger partial charge on any atom is 0.283 e. The molecule has 3 heteroatoms. The van der Waals surface area contributed by atoms with Crippen LogP contribution >= 0.6 is 0 Å². The van der Waals surface area contributed by atoms with Crippen LogP contribution in [0, 0.1) is 11.5 Å². The van der Waals surface area contributed by atoms with Crippen LogP contribution in [0.2, 0.25) is 0 Å². The van der Waals surface area contributed by atoms with Gasteiger partial charge in [0.25, 0.3) is 6.26 Å². The first-order chi connectivity index (χ1) is 8.36. The number of aliphatic hydroxyl groups excluding tert-OH is 1. The van der Waals surface area contributed by atoms with Gasteiger partial charge in [-0.25, -0.2) is 0 Å². The molecule has 3 nitrogen and oxygen atoms in total. The van der Waals surface area contributed by atoms with E-state index in [4.69, 9.17) is 10.4 Å². The van der Waals surface area contributed by atoms with Crippen LogP contribution in [0.15, 0.2) is 54.7 Å². The minimum Gasteiger partial charge on any atom is -0.443 e. The molecule has 1 heterocycles. The largest absolute Gasteiger partial charge is 0.443 e. The zero-order chi connectivity index (χ0) is 12.3. The Bertz CT molecular complexity index is 445. The van der Waals surface area contributed by atoms with E-state index in [0.29, 0.717) is 0 Å². The molecule has 0 saturated carbocycles. The average molecular weight is 224 g/mol. The maximum absolute atomic E-state index is 6.88. The number of rotatable bonds is 2. The average Bonchev–Trinajstić information content (AvgIpc) is 2.40. The number of nitrogens with zero attached hydrogens (tertiary/aromatic N) is 2. The number of aromatic nitrogens is 1. The SMILES string of the molecule is C(=Cc1ccccn1)c1ccccc1.N#CO. The zero-order valence-electron chi connectivity index (χ0n) is 9.19. The fraction of sp³-hybridized carbons (Fsp3) is 0. The summed E-state index contributed by atoms with van der Waals surface area (Å²) in [5, 5.41) is 13.8. The first-order valence-corrected chi connectivity index (χ1v) is 5.04. The molecule has 17 heavy (non-hydrogen) atoms. The number of nitriles is 1. The van der Waals surface area contributed by atoms with E-state index in [1.807, 2.05) is 42.5 Å². The van der Waals surface area contributed by atoms with Crippen molar-refractivity contribution in [3.05, 3.63) is 66.0 Å². The monoisotopic (exact) mass is 224 g/mol. The van der Waals surface area contributed by atoms with Crippen molar-refractivity contribution < 1.29 is 5.11 Å². The van der Waals surface area contributed by atoms with E-state index < -0.39 is 0 Å². The van der Waals surface area contributed by atoms with Crippen LogP contribution in [0.1, 0.15) is 11.3 Å². The van der Waals surface area contributed by atoms with Crippen molar-refractivity contribution in [2.24, 2.45) is 0 Å². The molecule has 0 aliphatic heterocycles. The van der Waals surface area contributed by atoms with Crippen molar-refractivity contribution in [3.8, 4) is 6.26 Å². The van der Waals surface area contributed by atoms with Gasteiger partial charge in [-0.1, -0.05) is 42.5 Å². The van der Waals surface area contributed by atoms with Gasteiger partial charge in [0.15, 0.2) is 0 Å². The van der Waals surface area contributed by atoms with Gasteiger partial charge in [-0.15, -0.1) is 0 Å². The Morgan fingerprint density at radius 3 is 2.24 bits per heavy atom. The normalized spacial score (nSPS) is 9.12. The summed E-state index contributed by atoms with van der Waals surface area (Å²) < 4.78 is 0. The predicted molar refractivity (Wildman–Crippen MR) is 67.2 cm³/mol. The van der Waals surface area contributed by atoms with Gasteiger partial charge in [0.2, 0.25) is 0 Å². The van der Waals surface area contributed by atoms with Gasteiger partial charge >= 0.3 is 0 Å². The summed E-state index contributed by atoms with van der Waals surface area (Å²) in [6, 6.07) is 16.1. The molecule has 0 aliphatic carbocycles. The van der Waals surface area contributed by atoms with E-state index in [1.54, 1.807) is 6.20 Å². The molecule has 0 amide bonds. The van der Waals surface area contributed by atoms with Gasteiger partial charge in [0, 0.05) is 6.20 Å². The Balaban J connectivity index is 0.000000437. The molecular formula is C14H12N2O. The quantitative estimate of drug-likeness (QED) is 0.797. The molecule has 2 rings (SSSR count). The molecule has 1 aromatic heterocycles. The van der Waals surface area contributed by atoms with E-state index in [1.165, 1.54) is 5.56 Å². The van der Waals surface area contributed by atoms with Gasteiger partial charge in [-0.3, -0.25) is 4.98 Å². The smallest absolute Gasteiger partial charge is 0.283 e. The second kappa shape index (κ2) is 7.66. The molecule has 0 bridgehead atoms. The molecule has 0 saturated heterocycles. The number of hydrogen-bond donors (Lipinski definition) is 1. The third-order valence-electron chi connectivity index (χ3n) is 1.93. The van der Waals surface area contributed by atoms with Gasteiger partial charge in [-0.2, -0.15) is 5.26 Å². The molecule has 0 aliphatic rings. The molecule has 0 unspecified atom stereocenters. The Kier molecular flexibility index (Phi) is 5.62. The van der Waals surface area contributed by atoms with Crippen LogP contribution in [0.3, 0.4) is 0 Å². The first kappa shape index (κ1) is 12.5. The highest BCUT2D eigenvalue weighted by atomic mass is 16.2. The highest BCUT2D eigenvalue weighted by molar-refractivity contribution is 5.67. The molecule has 2 aromatic rings. The Morgan fingerprint density at radius 2 is 1.65 bits per heavy atom. The highest BCUT2D eigenvalue weighted by Crippen LogP contribution is 2.04. The van der Waals surface area contributed by atoms with Crippen molar-refractivity contribution in [3.63, 3.8) is 0 Å². The lowest BCUT2D eigenvalue weighted by Crippen LogP contribution is -1.76. The van der Waals surface area contributed by atoms with Crippen LogP contribution in [-0.2, 0) is 0 Å². The number of aliphatic hydroxyl groups is 1. The van der Waals surface area contributed by atoms with Gasteiger partial charge in [0.05, 0.1) is 5.69 Å². The molecule has 84 valence electrons. The number of benzene rings is 1. The molecule has 1 aromatic carbocycles. The summed E-state index contributed by atoms with van der Waals surface area (Å²) in [5.74, 6) is 0. The first-order valence-electron chi connectivity index (χ1n) is 5.04. The summed E-state index contributed by atoms with van der Waals surface area (Å²) >= 11 is 0. The van der Waals surface area contributed by atoms with Crippen molar-refractivity contribution in [2.45, 2.75) is 0 Å². The van der Waals surface area contributed by atoms with E-state index in [0.717, 1.165) is 11.9 Å². The second-order valence-electron chi connectivity index (χ2n) is 3.10. The Morgan fingerprint density at radius 1 is 1.00 bits per heavy atom. The van der Waals surface area contributed by atoms with E-state index in [9.17, 15) is 0 Å². The van der Waals surface area contributed by atoms with Crippen LogP contribution in [0.4, 0.5) is 0 Å². The van der Waals surface area contributed by atoms with Gasteiger partial charge in [-0.05, 0) is 23.8 Å². The van der Waals surface area contributed by atoms with Crippen LogP contribution in [0.5, 0.6) is 0 Å². The van der Waals surface area contributed by atoms with Crippen LogP contribution in [-0.4, -0.2) is 10.1 Å². The lowest BCUT2D eigenvalue weighted by Gasteiger charge is -1.92. The van der Waals surface area contributed by atoms with Crippen molar-refractivity contribution in [1.29, 1.82) is 5.26 Å². The van der Waals surface area contributed by atoms with Crippen molar-refractivity contribution in [1.82, 2.24) is 4.98 Å². The molecule has 1 N–H and O–H groups in total. The summed E-state index contributed by atoms with van der Waals surface area (Å²) in [4.78, 5) is 4.21. The van der Waals surface area contributed by atoms with E-state index >= 15 is 0 Å². The minimum atomic E-state index is 0.750. The Hall–Kier alpha value is -2.60. The molecule has 0 atom stereocenters. The van der Waals surface area contributed by atoms with Crippen molar-refractivity contribution >= 4 is 12.2 Å². The van der Waals surface area contributed by atoms with Crippen LogP contribution in [0.25, 0.3) is 12.2 Å². The predicted octanol–water partition coefficient (Wildman–Crippen LogP) is 3.09. The van der Waals surface area contributed by atoms with Crippen molar-refractivity contribution in [2.75, 3.05) is 0 Å². The lowest BCUT2D eigenvalue weighted by molar-refractivity contribution is 0.503. The third-order valence-corrected chi connectivity index (χ3v) is 1.93.